The first-order chi connectivity index (χ1) is 10.3. The Balaban J connectivity index is 0.00000242. The molecule has 2 N–H and O–H groups in total. The number of phenols is 1. The van der Waals surface area contributed by atoms with Crippen molar-refractivity contribution in [2.24, 2.45) is 0 Å². The fourth-order valence-corrected chi connectivity index (χ4v) is 2.25. The molecule has 0 unspecified atom stereocenters. The minimum absolute atomic E-state index is 0. The molecule has 0 aliphatic rings. The third-order valence-corrected chi connectivity index (χ3v) is 3.36. The van der Waals surface area contributed by atoms with Crippen LogP contribution in [0, 0.1) is 0 Å². The van der Waals surface area contributed by atoms with E-state index in [1.807, 2.05) is 31.3 Å². The molecule has 0 fully saturated rings. The van der Waals surface area contributed by atoms with E-state index in [4.69, 9.17) is 4.74 Å². The lowest BCUT2D eigenvalue weighted by atomic mass is 10.0. The number of nitrogens with one attached hydrogen (secondary N) is 1. The standard InChI is InChI=1S/C18H23NO2.ClH/c1-19-11-5-6-12-21-18-10-9-17(20)14-16(18)13-15-7-3-2-4-8-15;/h2-4,7-10,14,19-20H,5-6,11-13H2,1H3;1H. The zero-order chi connectivity index (χ0) is 14.9. The molecule has 22 heavy (non-hydrogen) atoms. The summed E-state index contributed by atoms with van der Waals surface area (Å²) in [6.45, 7) is 1.71. The number of ether oxygens (including phenoxy) is 1. The Morgan fingerprint density at radius 3 is 2.55 bits per heavy atom. The molecule has 2 aromatic rings. The SMILES string of the molecule is CNCCCCOc1ccc(O)cc1Cc1ccccc1.Cl. The topological polar surface area (TPSA) is 41.5 Å². The Morgan fingerprint density at radius 1 is 1.05 bits per heavy atom. The molecule has 0 saturated heterocycles. The van der Waals surface area contributed by atoms with E-state index in [1.54, 1.807) is 12.1 Å². The van der Waals surface area contributed by atoms with E-state index in [0.717, 1.165) is 37.1 Å². The van der Waals surface area contributed by atoms with E-state index in [9.17, 15) is 5.11 Å². The maximum absolute atomic E-state index is 9.69. The van der Waals surface area contributed by atoms with Gasteiger partial charge in [-0.1, -0.05) is 30.3 Å². The zero-order valence-corrected chi connectivity index (χ0v) is 13.7. The monoisotopic (exact) mass is 321 g/mol. The predicted molar refractivity (Wildman–Crippen MR) is 93.3 cm³/mol. The smallest absolute Gasteiger partial charge is 0.123 e. The molecule has 2 aromatic carbocycles. The third kappa shape index (κ3) is 5.96. The third-order valence-electron chi connectivity index (χ3n) is 3.36. The van der Waals surface area contributed by atoms with Crippen molar-refractivity contribution in [2.75, 3.05) is 20.2 Å². The first-order valence-corrected chi connectivity index (χ1v) is 7.43. The summed E-state index contributed by atoms with van der Waals surface area (Å²) in [6, 6.07) is 15.5. The Bertz CT molecular complexity index is 546. The van der Waals surface area contributed by atoms with Gasteiger partial charge in [0.15, 0.2) is 0 Å². The molecule has 0 aliphatic carbocycles. The maximum atomic E-state index is 9.69. The molecule has 0 aromatic heterocycles. The lowest BCUT2D eigenvalue weighted by molar-refractivity contribution is 0.303. The van der Waals surface area contributed by atoms with Crippen molar-refractivity contribution < 1.29 is 9.84 Å². The van der Waals surface area contributed by atoms with Crippen LogP contribution in [0.15, 0.2) is 48.5 Å². The van der Waals surface area contributed by atoms with Crippen LogP contribution in [0.2, 0.25) is 0 Å². The number of hydrogen-bond donors (Lipinski definition) is 2. The molecule has 0 spiro atoms. The molecule has 0 saturated carbocycles. The summed E-state index contributed by atoms with van der Waals surface area (Å²) in [4.78, 5) is 0. The van der Waals surface area contributed by atoms with Crippen molar-refractivity contribution >= 4 is 12.4 Å². The molecule has 0 amide bonds. The van der Waals surface area contributed by atoms with Crippen LogP contribution >= 0.6 is 12.4 Å². The van der Waals surface area contributed by atoms with Gasteiger partial charge in [0.2, 0.25) is 0 Å². The van der Waals surface area contributed by atoms with Crippen molar-refractivity contribution in [3.05, 3.63) is 59.7 Å². The quantitative estimate of drug-likeness (QED) is 0.727. The van der Waals surface area contributed by atoms with E-state index in [2.05, 4.69) is 17.4 Å². The van der Waals surface area contributed by atoms with Crippen LogP contribution in [-0.2, 0) is 6.42 Å². The highest BCUT2D eigenvalue weighted by atomic mass is 35.5. The van der Waals surface area contributed by atoms with Gasteiger partial charge in [0.25, 0.3) is 0 Å². The minimum Gasteiger partial charge on any atom is -0.508 e. The Kier molecular flexibility index (Phi) is 8.41. The van der Waals surface area contributed by atoms with Crippen molar-refractivity contribution in [3.8, 4) is 11.5 Å². The number of rotatable bonds is 8. The molecule has 0 heterocycles. The van der Waals surface area contributed by atoms with Crippen LogP contribution in [-0.4, -0.2) is 25.3 Å². The number of aromatic hydroxyl groups is 1. The van der Waals surface area contributed by atoms with Crippen LogP contribution in [0.4, 0.5) is 0 Å². The summed E-state index contributed by atoms with van der Waals surface area (Å²) in [7, 11) is 1.96. The van der Waals surface area contributed by atoms with E-state index in [1.165, 1.54) is 5.56 Å². The molecule has 0 bridgehead atoms. The van der Waals surface area contributed by atoms with E-state index < -0.39 is 0 Å². The molecule has 3 nitrogen and oxygen atoms in total. The lowest BCUT2D eigenvalue weighted by Gasteiger charge is -2.12. The van der Waals surface area contributed by atoms with Crippen LogP contribution in [0.25, 0.3) is 0 Å². The predicted octanol–water partition coefficient (Wildman–Crippen LogP) is 3.78. The molecule has 0 aliphatic heterocycles. The van der Waals surface area contributed by atoms with Gasteiger partial charge in [0.05, 0.1) is 6.61 Å². The van der Waals surface area contributed by atoms with Gasteiger partial charge in [0, 0.05) is 12.0 Å². The second-order valence-corrected chi connectivity index (χ2v) is 5.11. The maximum Gasteiger partial charge on any atom is 0.123 e. The summed E-state index contributed by atoms with van der Waals surface area (Å²) < 4.78 is 5.87. The van der Waals surface area contributed by atoms with Crippen molar-refractivity contribution in [2.45, 2.75) is 19.3 Å². The van der Waals surface area contributed by atoms with Gasteiger partial charge in [-0.15, -0.1) is 12.4 Å². The summed E-state index contributed by atoms with van der Waals surface area (Å²) in [5.74, 6) is 1.14. The van der Waals surface area contributed by atoms with E-state index in [-0.39, 0.29) is 18.2 Å². The van der Waals surface area contributed by atoms with Crippen LogP contribution in [0.3, 0.4) is 0 Å². The minimum atomic E-state index is 0. The Labute approximate surface area is 138 Å². The summed E-state index contributed by atoms with van der Waals surface area (Å²) in [5.41, 5.74) is 2.23. The Hall–Kier alpha value is -1.71. The van der Waals surface area contributed by atoms with Gasteiger partial charge >= 0.3 is 0 Å². The van der Waals surface area contributed by atoms with Gasteiger partial charge in [-0.2, -0.15) is 0 Å². The highest BCUT2D eigenvalue weighted by Crippen LogP contribution is 2.26. The zero-order valence-electron chi connectivity index (χ0n) is 12.9. The average molecular weight is 322 g/mol. The molecular weight excluding hydrogens is 298 g/mol. The van der Waals surface area contributed by atoms with Crippen molar-refractivity contribution in [1.82, 2.24) is 5.32 Å². The molecule has 0 radical (unpaired) electrons. The number of phenolic OH excluding ortho intramolecular Hbond substituents is 1. The fourth-order valence-electron chi connectivity index (χ4n) is 2.25. The first kappa shape index (κ1) is 18.3. The van der Waals surface area contributed by atoms with Crippen LogP contribution < -0.4 is 10.1 Å². The summed E-state index contributed by atoms with van der Waals surface area (Å²) in [5, 5.41) is 12.8. The highest BCUT2D eigenvalue weighted by molar-refractivity contribution is 5.85. The molecule has 4 heteroatoms. The van der Waals surface area contributed by atoms with Gasteiger partial charge in [-0.3, -0.25) is 0 Å². The normalized spacial score (nSPS) is 10.0. The largest absolute Gasteiger partial charge is 0.508 e. The first-order valence-electron chi connectivity index (χ1n) is 7.43. The van der Waals surface area contributed by atoms with E-state index >= 15 is 0 Å². The van der Waals surface area contributed by atoms with Crippen LogP contribution in [0.1, 0.15) is 24.0 Å². The molecule has 120 valence electrons. The van der Waals surface area contributed by atoms with Crippen molar-refractivity contribution in [1.29, 1.82) is 0 Å². The second-order valence-electron chi connectivity index (χ2n) is 5.11. The second kappa shape index (κ2) is 10.1. The van der Waals surface area contributed by atoms with Gasteiger partial charge in [-0.25, -0.2) is 0 Å². The highest BCUT2D eigenvalue weighted by Gasteiger charge is 2.06. The number of halogens is 1. The average Bonchev–Trinajstić information content (AvgIpc) is 2.50. The number of hydrogen-bond acceptors (Lipinski definition) is 3. The summed E-state index contributed by atoms with van der Waals surface area (Å²) >= 11 is 0. The Morgan fingerprint density at radius 2 is 1.82 bits per heavy atom. The molecule has 2 rings (SSSR count). The van der Waals surface area contributed by atoms with E-state index in [0.29, 0.717) is 6.61 Å². The van der Waals surface area contributed by atoms with Gasteiger partial charge in [0.1, 0.15) is 11.5 Å². The molecule has 0 atom stereocenters. The number of benzene rings is 2. The van der Waals surface area contributed by atoms with Gasteiger partial charge < -0.3 is 15.2 Å². The van der Waals surface area contributed by atoms with Crippen LogP contribution in [0.5, 0.6) is 11.5 Å². The fraction of sp³-hybridized carbons (Fsp3) is 0.333. The van der Waals surface area contributed by atoms with Crippen molar-refractivity contribution in [3.63, 3.8) is 0 Å². The van der Waals surface area contributed by atoms with Gasteiger partial charge in [-0.05, 0) is 50.2 Å². The lowest BCUT2D eigenvalue weighted by Crippen LogP contribution is -2.09. The number of unbranched alkanes of at least 4 members (excludes halogenated alkanes) is 1. The molecular formula is C18H24ClNO2. The summed E-state index contributed by atoms with van der Waals surface area (Å²) in [6.07, 6.45) is 2.89.